The first-order valence-corrected chi connectivity index (χ1v) is 6.74. The number of nitrogens with two attached hydrogens (primary N) is 1. The van der Waals surface area contributed by atoms with E-state index in [1.54, 1.807) is 0 Å². The summed E-state index contributed by atoms with van der Waals surface area (Å²) in [7, 11) is -2.37. The first-order valence-electron chi connectivity index (χ1n) is 5.26. The predicted molar refractivity (Wildman–Crippen MR) is 76.0 cm³/mol. The second-order valence-electron chi connectivity index (χ2n) is 3.59. The fourth-order valence-corrected chi connectivity index (χ4v) is 2.38. The normalized spacial score (nSPS) is 10.4. The molecule has 1 aromatic heterocycles. The van der Waals surface area contributed by atoms with E-state index in [4.69, 9.17) is 10.5 Å². The van der Waals surface area contributed by atoms with Crippen molar-refractivity contribution in [2.75, 3.05) is 17.6 Å². The number of methoxy groups -OCH3 is 1. The molecule has 0 atom stereocenters. The third-order valence-corrected chi connectivity index (χ3v) is 3.63. The summed E-state index contributed by atoms with van der Waals surface area (Å²) in [5.41, 5.74) is 5.99. The predicted octanol–water partition coefficient (Wildman–Crippen LogP) is 0.487. The van der Waals surface area contributed by atoms with Gasteiger partial charge in [0.05, 0.1) is 12.0 Å². The largest absolute Gasteiger partial charge is 0.478 e. The summed E-state index contributed by atoms with van der Waals surface area (Å²) in [6, 6.07) is 5.81. The number of anilines is 2. The average molecular weight is 303 g/mol. The molecule has 0 amide bonds. The van der Waals surface area contributed by atoms with Crippen LogP contribution in [0.2, 0.25) is 0 Å². The first kappa shape index (κ1) is 16.7. The van der Waals surface area contributed by atoms with Crippen LogP contribution in [0.15, 0.2) is 41.6 Å². The fraction of sp³-hybridized carbons (Fsp3) is 0.0909. The Kier molecular flexibility index (Phi) is 5.75. The summed E-state index contributed by atoms with van der Waals surface area (Å²) in [5, 5.41) is 0. The molecule has 0 aliphatic rings. The molecule has 3 N–H and O–H groups in total. The number of hydrogen-bond donors (Lipinski definition) is 2. The summed E-state index contributed by atoms with van der Waals surface area (Å²) >= 11 is 0. The average Bonchev–Trinajstić information content (AvgIpc) is 2.39. The van der Waals surface area contributed by atoms with Crippen molar-refractivity contribution in [2.45, 2.75) is 4.90 Å². The van der Waals surface area contributed by atoms with Gasteiger partial charge in [0.1, 0.15) is 0 Å². The minimum atomic E-state index is -3.75. The zero-order valence-electron chi connectivity index (χ0n) is 11.1. The van der Waals surface area contributed by atoms with E-state index in [-0.39, 0.29) is 46.2 Å². The summed E-state index contributed by atoms with van der Waals surface area (Å²) in [5.74, 6) is 0.128. The zero-order chi connectivity index (χ0) is 13.9. The van der Waals surface area contributed by atoms with Gasteiger partial charge in [0.25, 0.3) is 15.9 Å². The van der Waals surface area contributed by atoms with Crippen LogP contribution >= 0.6 is 0 Å². The molecule has 9 heteroatoms. The van der Waals surface area contributed by atoms with Crippen molar-refractivity contribution in [1.82, 2.24) is 9.97 Å². The molecular weight excluding hydrogens is 291 g/mol. The third-order valence-electron chi connectivity index (χ3n) is 2.28. The molecule has 0 fully saturated rings. The standard InChI is InChI=1S/C11H12N4O3S.Na/c1-18-11-10(13-6-7-14-11)15-19(16,17)9-4-2-8(12)3-5-9;/h2-7H,12H2,1H3,(H,13,15);. The molecule has 2 rings (SSSR count). The topological polar surface area (TPSA) is 107 Å². The molecule has 0 aliphatic carbocycles. The van der Waals surface area contributed by atoms with Crippen LogP contribution in [-0.2, 0) is 10.0 Å². The second kappa shape index (κ2) is 6.89. The van der Waals surface area contributed by atoms with E-state index in [1.165, 1.54) is 43.8 Å². The van der Waals surface area contributed by atoms with Crippen molar-refractivity contribution in [3.8, 4) is 5.88 Å². The molecule has 0 saturated heterocycles. The van der Waals surface area contributed by atoms with E-state index in [9.17, 15) is 8.42 Å². The maximum absolute atomic E-state index is 12.1. The molecule has 0 spiro atoms. The van der Waals surface area contributed by atoms with Gasteiger partial charge >= 0.3 is 0 Å². The number of aromatic nitrogens is 2. The minimum Gasteiger partial charge on any atom is -0.478 e. The Morgan fingerprint density at radius 3 is 2.35 bits per heavy atom. The van der Waals surface area contributed by atoms with Crippen LogP contribution in [-0.4, -0.2) is 55.1 Å². The third kappa shape index (κ3) is 3.83. The number of ether oxygens (including phenoxy) is 1. The van der Waals surface area contributed by atoms with Crippen molar-refractivity contribution >= 4 is 51.1 Å². The molecule has 0 unspecified atom stereocenters. The summed E-state index contributed by atoms with van der Waals surface area (Å²) < 4.78 is 31.4. The number of sulfonamides is 1. The van der Waals surface area contributed by atoms with E-state index < -0.39 is 10.0 Å². The molecule has 0 saturated carbocycles. The van der Waals surface area contributed by atoms with Crippen LogP contribution in [0.1, 0.15) is 0 Å². The van der Waals surface area contributed by atoms with Gasteiger partial charge in [-0.3, -0.25) is 4.72 Å². The van der Waals surface area contributed by atoms with Gasteiger partial charge in [-0.25, -0.2) is 18.4 Å². The van der Waals surface area contributed by atoms with E-state index in [2.05, 4.69) is 14.7 Å². The summed E-state index contributed by atoms with van der Waals surface area (Å²) in [6.45, 7) is 0. The molecule has 1 heterocycles. The molecule has 0 bridgehead atoms. The number of nitrogen functional groups attached to an aromatic ring is 1. The van der Waals surface area contributed by atoms with Crippen molar-refractivity contribution < 1.29 is 13.2 Å². The Morgan fingerprint density at radius 1 is 1.15 bits per heavy atom. The zero-order valence-corrected chi connectivity index (χ0v) is 13.9. The Bertz CT molecular complexity index is 676. The fourth-order valence-electron chi connectivity index (χ4n) is 1.38. The van der Waals surface area contributed by atoms with E-state index in [0.717, 1.165) is 0 Å². The van der Waals surface area contributed by atoms with Gasteiger partial charge < -0.3 is 10.5 Å². The van der Waals surface area contributed by atoms with Crippen LogP contribution in [0, 0.1) is 0 Å². The van der Waals surface area contributed by atoms with Gasteiger partial charge in [0.2, 0.25) is 5.82 Å². The SMILES string of the molecule is COc1nccnc1NS(=O)(=O)c1ccc(N)cc1.[Na]. The van der Waals surface area contributed by atoms with Crippen LogP contribution in [0.4, 0.5) is 11.5 Å². The van der Waals surface area contributed by atoms with Crippen LogP contribution < -0.4 is 15.2 Å². The van der Waals surface area contributed by atoms with Gasteiger partial charge in [-0.15, -0.1) is 0 Å². The number of nitrogens with zero attached hydrogens (tertiary/aromatic N) is 2. The van der Waals surface area contributed by atoms with Gasteiger partial charge in [-0.1, -0.05) is 0 Å². The molecule has 20 heavy (non-hydrogen) atoms. The maximum atomic E-state index is 12.1. The van der Waals surface area contributed by atoms with E-state index in [0.29, 0.717) is 5.69 Å². The van der Waals surface area contributed by atoms with Crippen molar-refractivity contribution in [3.63, 3.8) is 0 Å². The Hall–Kier alpha value is -1.35. The summed E-state index contributed by atoms with van der Waals surface area (Å²) in [4.78, 5) is 7.81. The smallest absolute Gasteiger partial charge is 0.263 e. The number of hydrogen-bond acceptors (Lipinski definition) is 6. The number of benzene rings is 1. The quantitative estimate of drug-likeness (QED) is 0.628. The van der Waals surface area contributed by atoms with Gasteiger partial charge in [0, 0.05) is 47.6 Å². The maximum Gasteiger partial charge on any atom is 0.263 e. The van der Waals surface area contributed by atoms with Gasteiger partial charge in [0.15, 0.2) is 0 Å². The number of nitrogens with one attached hydrogen (secondary N) is 1. The van der Waals surface area contributed by atoms with Crippen LogP contribution in [0.3, 0.4) is 0 Å². The summed E-state index contributed by atoms with van der Waals surface area (Å²) in [6.07, 6.45) is 2.77. The number of rotatable bonds is 4. The Balaban J connectivity index is 0.00000200. The van der Waals surface area contributed by atoms with Crippen molar-refractivity contribution in [3.05, 3.63) is 36.7 Å². The van der Waals surface area contributed by atoms with Gasteiger partial charge in [-0.05, 0) is 24.3 Å². The van der Waals surface area contributed by atoms with E-state index in [1.807, 2.05) is 0 Å². The van der Waals surface area contributed by atoms with E-state index >= 15 is 0 Å². The molecule has 101 valence electrons. The van der Waals surface area contributed by atoms with Crippen molar-refractivity contribution in [2.24, 2.45) is 0 Å². The Morgan fingerprint density at radius 2 is 1.75 bits per heavy atom. The van der Waals surface area contributed by atoms with Crippen molar-refractivity contribution in [1.29, 1.82) is 0 Å². The molecule has 7 nitrogen and oxygen atoms in total. The van der Waals surface area contributed by atoms with Crippen LogP contribution in [0.5, 0.6) is 5.88 Å². The minimum absolute atomic E-state index is 0. The molecule has 2 aromatic rings. The van der Waals surface area contributed by atoms with Crippen LogP contribution in [0.25, 0.3) is 0 Å². The second-order valence-corrected chi connectivity index (χ2v) is 5.27. The molecular formula is C11H12N4NaO3S. The Labute approximate surface area is 138 Å². The van der Waals surface area contributed by atoms with Gasteiger partial charge in [-0.2, -0.15) is 0 Å². The monoisotopic (exact) mass is 303 g/mol. The molecule has 1 aromatic carbocycles. The molecule has 0 aliphatic heterocycles. The first-order chi connectivity index (χ1) is 9.03. The molecule has 1 radical (unpaired) electrons.